The van der Waals surface area contributed by atoms with Gasteiger partial charge in [-0.3, -0.25) is 9.59 Å². The number of nitrogens with one attached hydrogen (secondary N) is 1. The summed E-state index contributed by atoms with van der Waals surface area (Å²) in [6.45, 7) is 3.36. The number of urea groups is 1. The number of rotatable bonds is 4. The molecule has 0 aromatic carbocycles. The summed E-state index contributed by atoms with van der Waals surface area (Å²) in [6.07, 6.45) is 3.02. The molecule has 0 radical (unpaired) electrons. The average molecular weight is 277 g/mol. The van der Waals surface area contributed by atoms with Gasteiger partial charge in [0.05, 0.1) is 18.5 Å². The van der Waals surface area contributed by atoms with Crippen molar-refractivity contribution in [2.24, 2.45) is 17.3 Å². The van der Waals surface area contributed by atoms with Crippen LogP contribution in [0.1, 0.15) is 13.8 Å². The van der Waals surface area contributed by atoms with E-state index in [2.05, 4.69) is 5.32 Å². The van der Waals surface area contributed by atoms with Gasteiger partial charge >= 0.3 is 12.0 Å². The largest absolute Gasteiger partial charge is 0.443 e. The third kappa shape index (κ3) is 2.37. The molecule has 1 saturated carbocycles. The molecule has 2 fully saturated rings. The average Bonchev–Trinajstić information content (AvgIpc) is 2.79. The van der Waals surface area contributed by atoms with Crippen LogP contribution >= 0.6 is 0 Å². The molecule has 2 rings (SSSR count). The quantitative estimate of drug-likeness (QED) is 0.455. The highest BCUT2D eigenvalue weighted by Gasteiger charge is 2.61. The molecule has 1 aliphatic heterocycles. The Bertz CT molecular complexity index is 516. The number of nitrogens with zero attached hydrogens (tertiary/aromatic N) is 2. The fraction of sp³-hybridized carbons (Fsp3) is 0.538. The van der Waals surface area contributed by atoms with Gasteiger partial charge in [0, 0.05) is 6.08 Å². The van der Waals surface area contributed by atoms with Gasteiger partial charge in [0.2, 0.25) is 0 Å². The number of carbonyl (C=O) groups excluding carboxylic acids is 3. The highest BCUT2D eigenvalue weighted by molar-refractivity contribution is 6.01. The first-order chi connectivity index (χ1) is 9.39. The van der Waals surface area contributed by atoms with Gasteiger partial charge in [0.1, 0.15) is 0 Å². The Balaban J connectivity index is 1.90. The number of hydrogen-bond acceptors (Lipinski definition) is 5. The third-order valence-corrected chi connectivity index (χ3v) is 3.82. The summed E-state index contributed by atoms with van der Waals surface area (Å²) in [7, 11) is 0. The maximum absolute atomic E-state index is 12.0. The normalized spacial score (nSPS) is 27.4. The summed E-state index contributed by atoms with van der Waals surface area (Å²) >= 11 is 0. The van der Waals surface area contributed by atoms with E-state index in [1.165, 1.54) is 6.08 Å². The van der Waals surface area contributed by atoms with Crippen LogP contribution in [-0.2, 0) is 14.3 Å². The number of nitriles is 1. The fourth-order valence-electron chi connectivity index (χ4n) is 2.44. The van der Waals surface area contributed by atoms with E-state index in [0.717, 1.165) is 4.90 Å². The van der Waals surface area contributed by atoms with Crippen molar-refractivity contribution in [2.45, 2.75) is 13.8 Å². The summed E-state index contributed by atoms with van der Waals surface area (Å²) in [5, 5.41) is 10.8. The zero-order valence-corrected chi connectivity index (χ0v) is 11.3. The molecule has 1 heterocycles. The second kappa shape index (κ2) is 4.96. The van der Waals surface area contributed by atoms with Crippen LogP contribution in [-0.4, -0.2) is 36.1 Å². The van der Waals surface area contributed by atoms with E-state index in [9.17, 15) is 14.4 Å². The molecule has 1 N–H and O–H groups in total. The summed E-state index contributed by atoms with van der Waals surface area (Å²) in [6, 6.07) is 1.33. The van der Waals surface area contributed by atoms with Crippen LogP contribution in [0.5, 0.6) is 0 Å². The smallest absolute Gasteiger partial charge is 0.327 e. The first-order valence-electron chi connectivity index (χ1n) is 6.20. The lowest BCUT2D eigenvalue weighted by Gasteiger charge is -2.12. The Hall–Kier alpha value is -2.36. The van der Waals surface area contributed by atoms with Gasteiger partial charge in [-0.05, 0) is 11.3 Å². The van der Waals surface area contributed by atoms with Crippen LogP contribution in [0.3, 0.4) is 0 Å². The van der Waals surface area contributed by atoms with E-state index in [4.69, 9.17) is 10.00 Å². The predicted octanol–water partition coefficient (Wildman–Crippen LogP) is 0.391. The summed E-state index contributed by atoms with van der Waals surface area (Å²) < 4.78 is 5.03. The first-order valence-corrected chi connectivity index (χ1v) is 6.20. The number of esters is 1. The number of carbonyl (C=O) groups is 3. The molecule has 7 nitrogen and oxygen atoms in total. The molecule has 3 amide bonds. The Kier molecular flexibility index (Phi) is 3.49. The molecule has 106 valence electrons. The second-order valence-corrected chi connectivity index (χ2v) is 5.39. The second-order valence-electron chi connectivity index (χ2n) is 5.39. The number of hydrogen-bond donors (Lipinski definition) is 1. The van der Waals surface area contributed by atoms with Crippen LogP contribution in [0.25, 0.3) is 0 Å². The zero-order valence-electron chi connectivity index (χ0n) is 11.3. The van der Waals surface area contributed by atoms with Gasteiger partial charge in [-0.1, -0.05) is 19.9 Å². The van der Waals surface area contributed by atoms with Gasteiger partial charge in [0.25, 0.3) is 5.91 Å². The number of ether oxygens (including phenoxy) is 1. The van der Waals surface area contributed by atoms with E-state index in [0.29, 0.717) is 0 Å². The van der Waals surface area contributed by atoms with Crippen molar-refractivity contribution >= 4 is 17.9 Å². The monoisotopic (exact) mass is 277 g/mol. The van der Waals surface area contributed by atoms with Crippen LogP contribution < -0.4 is 5.32 Å². The molecule has 0 bridgehead atoms. The van der Waals surface area contributed by atoms with Crippen molar-refractivity contribution in [3.8, 4) is 6.07 Å². The minimum atomic E-state index is -0.557. The van der Waals surface area contributed by atoms with Crippen molar-refractivity contribution in [3.63, 3.8) is 0 Å². The molecule has 20 heavy (non-hydrogen) atoms. The van der Waals surface area contributed by atoms with Crippen molar-refractivity contribution in [1.29, 1.82) is 5.26 Å². The molecule has 0 spiro atoms. The zero-order chi connectivity index (χ0) is 14.9. The predicted molar refractivity (Wildman–Crippen MR) is 66.7 cm³/mol. The molecule has 0 aromatic heterocycles. The maximum Gasteiger partial charge on any atom is 0.327 e. The topological polar surface area (TPSA) is 99.5 Å². The molecule has 1 aliphatic carbocycles. The minimum absolute atomic E-state index is 0.0576. The van der Waals surface area contributed by atoms with Gasteiger partial charge < -0.3 is 10.1 Å². The number of allylic oxidation sites excluding steroid dienone is 2. The molecule has 0 unspecified atom stereocenters. The van der Waals surface area contributed by atoms with Crippen LogP contribution in [0, 0.1) is 28.6 Å². The first kappa shape index (κ1) is 14.1. The lowest BCUT2D eigenvalue weighted by Crippen LogP contribution is -2.34. The Labute approximate surface area is 116 Å². The molecule has 2 aliphatic rings. The van der Waals surface area contributed by atoms with Crippen LogP contribution in [0.15, 0.2) is 12.2 Å². The Morgan fingerprint density at radius 1 is 1.60 bits per heavy atom. The third-order valence-electron chi connectivity index (χ3n) is 3.82. The highest BCUT2D eigenvalue weighted by atomic mass is 16.5. The number of amides is 3. The van der Waals surface area contributed by atoms with Crippen molar-refractivity contribution in [2.75, 3.05) is 13.3 Å². The molecule has 1 saturated heterocycles. The molecular formula is C13H15N3O4. The SMILES string of the molecule is CC1(C)[C@H](/C=C\C#N)[C@H]1C(=O)OCN1C(=O)CNC1=O. The minimum Gasteiger partial charge on any atom is -0.443 e. The Morgan fingerprint density at radius 3 is 2.85 bits per heavy atom. The van der Waals surface area contributed by atoms with E-state index in [1.54, 1.807) is 6.08 Å². The summed E-state index contributed by atoms with van der Waals surface area (Å²) in [5.74, 6) is -1.29. The molecule has 7 heteroatoms. The van der Waals surface area contributed by atoms with Gasteiger partial charge in [-0.2, -0.15) is 5.26 Å². The van der Waals surface area contributed by atoms with Gasteiger partial charge in [-0.25, -0.2) is 9.69 Å². The molecule has 0 aromatic rings. The van der Waals surface area contributed by atoms with Crippen molar-refractivity contribution in [3.05, 3.63) is 12.2 Å². The Morgan fingerprint density at radius 2 is 2.30 bits per heavy atom. The molecule has 2 atom stereocenters. The molecular weight excluding hydrogens is 262 g/mol. The van der Waals surface area contributed by atoms with E-state index < -0.39 is 17.9 Å². The van der Waals surface area contributed by atoms with Crippen molar-refractivity contribution < 1.29 is 19.1 Å². The van der Waals surface area contributed by atoms with E-state index in [1.807, 2.05) is 19.9 Å². The van der Waals surface area contributed by atoms with Crippen LogP contribution in [0.4, 0.5) is 4.79 Å². The summed E-state index contributed by atoms with van der Waals surface area (Å²) in [4.78, 5) is 35.4. The highest BCUT2D eigenvalue weighted by Crippen LogP contribution is 2.59. The lowest BCUT2D eigenvalue weighted by atomic mass is 10.1. The van der Waals surface area contributed by atoms with Gasteiger partial charge in [-0.15, -0.1) is 0 Å². The fourth-order valence-corrected chi connectivity index (χ4v) is 2.44. The maximum atomic E-state index is 12.0. The summed E-state index contributed by atoms with van der Waals surface area (Å²) in [5.41, 5.74) is -0.276. The lowest BCUT2D eigenvalue weighted by molar-refractivity contribution is -0.151. The van der Waals surface area contributed by atoms with Crippen LogP contribution in [0.2, 0.25) is 0 Å². The van der Waals surface area contributed by atoms with E-state index in [-0.39, 0.29) is 30.5 Å². The number of imide groups is 1. The van der Waals surface area contributed by atoms with E-state index >= 15 is 0 Å². The van der Waals surface area contributed by atoms with Gasteiger partial charge in [0.15, 0.2) is 6.73 Å². The van der Waals surface area contributed by atoms with Crippen molar-refractivity contribution in [1.82, 2.24) is 10.2 Å². The standard InChI is InChI=1S/C13H15N3O4/c1-13(2)8(4-3-5-14)10(13)11(18)20-7-16-9(17)6-15-12(16)19/h3-4,8,10H,6-7H2,1-2H3,(H,15,19)/b4-3-/t8-,10+/m1/s1.